The first-order chi connectivity index (χ1) is 9.47. The lowest BCUT2D eigenvalue weighted by Gasteiger charge is -2.24. The number of nitrogens with zero attached hydrogens (tertiary/aromatic N) is 1. The molecule has 3 aromatic rings. The zero-order valence-electron chi connectivity index (χ0n) is 11.9. The predicted octanol–water partition coefficient (Wildman–Crippen LogP) is 5.05. The molecule has 0 radical (unpaired) electrons. The maximum absolute atomic E-state index is 5.50. The number of benzene rings is 1. The van der Waals surface area contributed by atoms with E-state index in [0.717, 1.165) is 16.8 Å². The van der Waals surface area contributed by atoms with Crippen molar-refractivity contribution in [3.63, 3.8) is 0 Å². The van der Waals surface area contributed by atoms with Crippen molar-refractivity contribution in [1.82, 2.24) is 9.55 Å². The van der Waals surface area contributed by atoms with Gasteiger partial charge in [0.05, 0.1) is 11.0 Å². The second-order valence-corrected chi connectivity index (χ2v) is 7.23. The molecule has 2 aromatic heterocycles. The van der Waals surface area contributed by atoms with Crippen LogP contribution in [0, 0.1) is 11.7 Å². The van der Waals surface area contributed by atoms with E-state index in [0.29, 0.717) is 0 Å². The second-order valence-electron chi connectivity index (χ2n) is 5.90. The minimum Gasteiger partial charge on any atom is -0.331 e. The highest BCUT2D eigenvalue weighted by molar-refractivity contribution is 7.71. The quantitative estimate of drug-likeness (QED) is 0.672. The van der Waals surface area contributed by atoms with Crippen molar-refractivity contribution in [2.45, 2.75) is 32.7 Å². The SMILES string of the molecule is Cc1ccc2c(c1)[nH]c(=S)n2CC(C)(C)c1cccs1. The van der Waals surface area contributed by atoms with Crippen LogP contribution in [0.5, 0.6) is 0 Å². The van der Waals surface area contributed by atoms with Crippen molar-refractivity contribution in [2.75, 3.05) is 0 Å². The van der Waals surface area contributed by atoms with Crippen LogP contribution in [0.4, 0.5) is 0 Å². The topological polar surface area (TPSA) is 20.7 Å². The first kappa shape index (κ1) is 13.6. The number of hydrogen-bond donors (Lipinski definition) is 1. The first-order valence-corrected chi connectivity index (χ1v) is 7.99. The van der Waals surface area contributed by atoms with Gasteiger partial charge in [0.2, 0.25) is 0 Å². The van der Waals surface area contributed by atoms with Crippen LogP contribution >= 0.6 is 23.6 Å². The predicted molar refractivity (Wildman–Crippen MR) is 89.2 cm³/mol. The monoisotopic (exact) mass is 302 g/mol. The Labute approximate surface area is 128 Å². The zero-order chi connectivity index (χ0) is 14.3. The number of fused-ring (bicyclic) bond motifs is 1. The van der Waals surface area contributed by atoms with Crippen LogP contribution in [0.15, 0.2) is 35.7 Å². The number of aromatic nitrogens is 2. The summed E-state index contributed by atoms with van der Waals surface area (Å²) < 4.78 is 3.01. The number of aromatic amines is 1. The standard InChI is InChI=1S/C16H18N2S2/c1-11-6-7-13-12(9-11)17-15(19)18(13)10-16(2,3)14-5-4-8-20-14/h4-9H,10H2,1-3H3,(H,17,19). The third kappa shape index (κ3) is 2.34. The van der Waals surface area contributed by atoms with E-state index in [1.165, 1.54) is 16.0 Å². The molecule has 0 aliphatic rings. The van der Waals surface area contributed by atoms with Gasteiger partial charge in [-0.1, -0.05) is 26.0 Å². The van der Waals surface area contributed by atoms with E-state index >= 15 is 0 Å². The fourth-order valence-corrected chi connectivity index (χ4v) is 3.69. The van der Waals surface area contributed by atoms with Gasteiger partial charge in [0.1, 0.15) is 0 Å². The summed E-state index contributed by atoms with van der Waals surface area (Å²) in [6.45, 7) is 7.53. The summed E-state index contributed by atoms with van der Waals surface area (Å²) in [6, 6.07) is 10.8. The molecular weight excluding hydrogens is 284 g/mol. The van der Waals surface area contributed by atoms with Gasteiger partial charge in [0, 0.05) is 16.8 Å². The molecule has 0 saturated carbocycles. The average Bonchev–Trinajstić information content (AvgIpc) is 2.99. The van der Waals surface area contributed by atoms with Crippen LogP contribution in [0.3, 0.4) is 0 Å². The number of nitrogens with one attached hydrogen (secondary N) is 1. The minimum absolute atomic E-state index is 0.0758. The van der Waals surface area contributed by atoms with E-state index in [-0.39, 0.29) is 5.41 Å². The van der Waals surface area contributed by atoms with Crippen LogP contribution in [0.1, 0.15) is 24.3 Å². The number of H-pyrrole nitrogens is 1. The van der Waals surface area contributed by atoms with E-state index in [1.807, 2.05) is 11.3 Å². The maximum atomic E-state index is 5.50. The number of aryl methyl sites for hydroxylation is 1. The highest BCUT2D eigenvalue weighted by Crippen LogP contribution is 2.30. The summed E-state index contributed by atoms with van der Waals surface area (Å²) in [5.74, 6) is 0. The van der Waals surface area contributed by atoms with E-state index in [1.54, 1.807) is 0 Å². The second kappa shape index (κ2) is 4.86. The fraction of sp³-hybridized carbons (Fsp3) is 0.312. The van der Waals surface area contributed by atoms with Gasteiger partial charge in [0.25, 0.3) is 0 Å². The molecular formula is C16H18N2S2. The molecule has 0 atom stereocenters. The Balaban J connectivity index is 2.07. The Hall–Kier alpha value is -1.39. The number of hydrogen-bond acceptors (Lipinski definition) is 2. The third-order valence-electron chi connectivity index (χ3n) is 3.67. The van der Waals surface area contributed by atoms with Crippen molar-refractivity contribution in [2.24, 2.45) is 0 Å². The van der Waals surface area contributed by atoms with Crippen LogP contribution in [0.2, 0.25) is 0 Å². The summed E-state index contributed by atoms with van der Waals surface area (Å²) >= 11 is 7.31. The lowest BCUT2D eigenvalue weighted by molar-refractivity contribution is 0.447. The van der Waals surface area contributed by atoms with Crippen LogP contribution < -0.4 is 0 Å². The summed E-state index contributed by atoms with van der Waals surface area (Å²) in [4.78, 5) is 4.71. The molecule has 0 aliphatic carbocycles. The Bertz CT molecular complexity index is 792. The molecule has 0 spiro atoms. The van der Waals surface area contributed by atoms with Gasteiger partial charge >= 0.3 is 0 Å². The molecule has 4 heteroatoms. The van der Waals surface area contributed by atoms with E-state index in [2.05, 4.69) is 66.0 Å². The Morgan fingerprint density at radius 1 is 1.30 bits per heavy atom. The molecule has 1 aromatic carbocycles. The summed E-state index contributed by atoms with van der Waals surface area (Å²) in [7, 11) is 0. The normalized spacial score (nSPS) is 12.2. The zero-order valence-corrected chi connectivity index (χ0v) is 13.6. The van der Waals surface area contributed by atoms with Crippen molar-refractivity contribution < 1.29 is 0 Å². The fourth-order valence-electron chi connectivity index (χ4n) is 2.57. The van der Waals surface area contributed by atoms with E-state index < -0.39 is 0 Å². The van der Waals surface area contributed by atoms with Crippen molar-refractivity contribution in [3.05, 3.63) is 50.9 Å². The molecule has 3 rings (SSSR count). The highest BCUT2D eigenvalue weighted by atomic mass is 32.1. The van der Waals surface area contributed by atoms with E-state index in [4.69, 9.17) is 12.2 Å². The maximum Gasteiger partial charge on any atom is 0.178 e. The largest absolute Gasteiger partial charge is 0.331 e. The lowest BCUT2D eigenvalue weighted by atomic mass is 9.91. The molecule has 0 fully saturated rings. The van der Waals surface area contributed by atoms with Gasteiger partial charge in [-0.3, -0.25) is 0 Å². The average molecular weight is 302 g/mol. The molecule has 2 nitrogen and oxygen atoms in total. The molecule has 0 aliphatic heterocycles. The van der Waals surface area contributed by atoms with Crippen LogP contribution in [-0.2, 0) is 12.0 Å². The smallest absolute Gasteiger partial charge is 0.178 e. The Kier molecular flexibility index (Phi) is 3.30. The van der Waals surface area contributed by atoms with Gasteiger partial charge in [-0.2, -0.15) is 0 Å². The first-order valence-electron chi connectivity index (χ1n) is 6.70. The number of thiophene rings is 1. The molecule has 1 N–H and O–H groups in total. The highest BCUT2D eigenvalue weighted by Gasteiger charge is 2.23. The van der Waals surface area contributed by atoms with Crippen LogP contribution in [0.25, 0.3) is 11.0 Å². The van der Waals surface area contributed by atoms with Gasteiger partial charge in [-0.25, -0.2) is 0 Å². The summed E-state index contributed by atoms with van der Waals surface area (Å²) in [6.07, 6.45) is 0. The van der Waals surface area contributed by atoms with Crippen molar-refractivity contribution in [1.29, 1.82) is 0 Å². The van der Waals surface area contributed by atoms with Gasteiger partial charge < -0.3 is 9.55 Å². The minimum atomic E-state index is 0.0758. The molecule has 104 valence electrons. The van der Waals surface area contributed by atoms with Crippen LogP contribution in [-0.4, -0.2) is 9.55 Å². The van der Waals surface area contributed by atoms with Crippen molar-refractivity contribution >= 4 is 34.6 Å². The lowest BCUT2D eigenvalue weighted by Crippen LogP contribution is -2.23. The third-order valence-corrected chi connectivity index (χ3v) is 5.23. The molecule has 0 saturated heterocycles. The van der Waals surface area contributed by atoms with Gasteiger partial charge in [0.15, 0.2) is 4.77 Å². The summed E-state index contributed by atoms with van der Waals surface area (Å²) in [5, 5.41) is 2.13. The van der Waals surface area contributed by atoms with E-state index in [9.17, 15) is 0 Å². The molecule has 0 unspecified atom stereocenters. The Morgan fingerprint density at radius 3 is 2.80 bits per heavy atom. The van der Waals surface area contributed by atoms with Gasteiger partial charge in [-0.05, 0) is 48.3 Å². The number of rotatable bonds is 3. The Morgan fingerprint density at radius 2 is 2.10 bits per heavy atom. The molecule has 0 amide bonds. The molecule has 20 heavy (non-hydrogen) atoms. The van der Waals surface area contributed by atoms with Crippen molar-refractivity contribution in [3.8, 4) is 0 Å². The molecule has 0 bridgehead atoms. The number of imidazole rings is 1. The van der Waals surface area contributed by atoms with Gasteiger partial charge in [-0.15, -0.1) is 11.3 Å². The molecule has 2 heterocycles. The summed E-state index contributed by atoms with van der Waals surface area (Å²) in [5.41, 5.74) is 3.63.